The normalized spacial score (nSPS) is 21.1. The Bertz CT molecular complexity index is 1390. The van der Waals surface area contributed by atoms with Gasteiger partial charge in [-0.15, -0.1) is 0 Å². The Kier molecular flexibility index (Phi) is 6.26. The van der Waals surface area contributed by atoms with Crippen LogP contribution in [-0.2, 0) is 4.79 Å². The van der Waals surface area contributed by atoms with Crippen molar-refractivity contribution in [3.63, 3.8) is 0 Å². The molecule has 200 valence electrons. The van der Waals surface area contributed by atoms with Crippen LogP contribution in [0.15, 0.2) is 30.3 Å². The molecule has 0 aliphatic carbocycles. The molecule has 3 aliphatic heterocycles. The summed E-state index contributed by atoms with van der Waals surface area (Å²) in [5, 5.41) is 7.77. The number of amides is 2. The van der Waals surface area contributed by atoms with E-state index in [-0.39, 0.29) is 41.8 Å². The number of hydrogen-bond acceptors (Lipinski definition) is 8. The summed E-state index contributed by atoms with van der Waals surface area (Å²) in [6.45, 7) is 2.57. The molecule has 1 atom stereocenters. The van der Waals surface area contributed by atoms with Crippen LogP contribution in [0.1, 0.15) is 41.4 Å². The van der Waals surface area contributed by atoms with Gasteiger partial charge in [0.1, 0.15) is 23.2 Å². The highest BCUT2D eigenvalue weighted by atomic mass is 19.1. The molecule has 3 N–H and O–H groups in total. The molecule has 12 heteroatoms. The molecule has 2 fully saturated rings. The van der Waals surface area contributed by atoms with E-state index >= 15 is 0 Å². The van der Waals surface area contributed by atoms with Gasteiger partial charge in [0.15, 0.2) is 12.3 Å². The van der Waals surface area contributed by atoms with Crippen molar-refractivity contribution in [2.24, 2.45) is 5.73 Å². The summed E-state index contributed by atoms with van der Waals surface area (Å²) >= 11 is 0. The van der Waals surface area contributed by atoms with E-state index in [1.807, 2.05) is 24.1 Å². The highest BCUT2D eigenvalue weighted by Crippen LogP contribution is 2.35. The first-order chi connectivity index (χ1) is 18.4. The van der Waals surface area contributed by atoms with Crippen molar-refractivity contribution in [1.29, 1.82) is 0 Å². The number of halogens is 1. The summed E-state index contributed by atoms with van der Waals surface area (Å²) < 4.78 is 21.7. The van der Waals surface area contributed by atoms with Gasteiger partial charge in [-0.1, -0.05) is 0 Å². The number of likely N-dealkylation sites (N-methyl/N-ethyl adjacent to an activating group) is 1. The standard InChI is InChI=1S/C26H31FN8O3/c1-32-9-7-29-24(36)15-38-21-6-5-16(27)10-18(21)26(37)34-8-3-2-4-20(34)19-11-23-30-22(33-13-17(28)14-33)12-25(32)35(23)31-19/h5-6,10-12,17,20H,2-4,7-9,13-15,28H2,1H3,(H,29,36)/t20-/m0/s1. The highest BCUT2D eigenvalue weighted by molar-refractivity contribution is 5.97. The van der Waals surface area contributed by atoms with E-state index in [1.54, 1.807) is 9.42 Å². The van der Waals surface area contributed by atoms with Crippen LogP contribution in [0.3, 0.4) is 0 Å². The number of benzene rings is 1. The van der Waals surface area contributed by atoms with Crippen LogP contribution in [0.4, 0.5) is 16.0 Å². The van der Waals surface area contributed by atoms with Crippen molar-refractivity contribution in [3.05, 3.63) is 47.4 Å². The molecule has 0 spiro atoms. The van der Waals surface area contributed by atoms with E-state index in [9.17, 15) is 14.0 Å². The Morgan fingerprint density at radius 2 is 1.97 bits per heavy atom. The van der Waals surface area contributed by atoms with E-state index in [0.717, 1.165) is 49.7 Å². The van der Waals surface area contributed by atoms with Gasteiger partial charge in [-0.25, -0.2) is 9.37 Å². The van der Waals surface area contributed by atoms with Gasteiger partial charge in [0.25, 0.3) is 11.8 Å². The minimum absolute atomic E-state index is 0.0931. The molecule has 0 saturated carbocycles. The van der Waals surface area contributed by atoms with Crippen molar-refractivity contribution in [3.8, 4) is 5.75 Å². The van der Waals surface area contributed by atoms with Gasteiger partial charge >= 0.3 is 0 Å². The Balaban J connectivity index is 1.46. The maximum atomic E-state index is 14.3. The first-order valence-corrected chi connectivity index (χ1v) is 13.0. The lowest BCUT2D eigenvalue weighted by Gasteiger charge is -2.38. The number of ether oxygens (including phenoxy) is 1. The van der Waals surface area contributed by atoms with Crippen LogP contribution in [0.5, 0.6) is 5.75 Å². The average Bonchev–Trinajstić information content (AvgIpc) is 3.33. The highest BCUT2D eigenvalue weighted by Gasteiger charge is 2.33. The van der Waals surface area contributed by atoms with E-state index in [1.165, 1.54) is 18.2 Å². The SMILES string of the molecule is CN1CCNC(=O)COc2ccc(F)cc2C(=O)N2CCCC[C@H]2c2cc3nc(N4CC(N)C4)cc1n3n2. The number of nitrogens with zero attached hydrogens (tertiary/aromatic N) is 6. The largest absolute Gasteiger partial charge is 0.483 e. The van der Waals surface area contributed by atoms with Gasteiger partial charge in [0.2, 0.25) is 0 Å². The predicted molar refractivity (Wildman–Crippen MR) is 139 cm³/mol. The number of aromatic nitrogens is 3. The van der Waals surface area contributed by atoms with Gasteiger partial charge in [-0.2, -0.15) is 9.61 Å². The first-order valence-electron chi connectivity index (χ1n) is 13.0. The van der Waals surface area contributed by atoms with Crippen LogP contribution in [0.2, 0.25) is 0 Å². The third-order valence-corrected chi connectivity index (χ3v) is 7.44. The molecule has 2 bridgehead atoms. The summed E-state index contributed by atoms with van der Waals surface area (Å²) in [4.78, 5) is 37.0. The molecule has 5 heterocycles. The third kappa shape index (κ3) is 4.49. The van der Waals surface area contributed by atoms with Crippen molar-refractivity contribution >= 4 is 29.1 Å². The quantitative estimate of drug-likeness (QED) is 0.491. The second kappa shape index (κ2) is 9.75. The Morgan fingerprint density at radius 3 is 2.79 bits per heavy atom. The molecule has 3 aliphatic rings. The minimum Gasteiger partial charge on any atom is -0.483 e. The van der Waals surface area contributed by atoms with Gasteiger partial charge in [-0.3, -0.25) is 9.59 Å². The van der Waals surface area contributed by atoms with E-state index in [2.05, 4.69) is 10.2 Å². The van der Waals surface area contributed by atoms with Crippen molar-refractivity contribution in [2.75, 3.05) is 56.2 Å². The molecule has 3 aromatic rings. The second-order valence-electron chi connectivity index (χ2n) is 10.2. The maximum Gasteiger partial charge on any atom is 0.258 e. The number of rotatable bonds is 1. The molecule has 11 nitrogen and oxygen atoms in total. The molecular formula is C26H31FN8O3. The zero-order chi connectivity index (χ0) is 26.4. The number of fused-ring (bicyclic) bond motifs is 4. The minimum atomic E-state index is -0.545. The molecule has 2 saturated heterocycles. The van der Waals surface area contributed by atoms with E-state index in [4.69, 9.17) is 20.6 Å². The maximum absolute atomic E-state index is 14.3. The molecule has 1 aromatic carbocycles. The number of nitrogens with two attached hydrogens (primary N) is 1. The zero-order valence-electron chi connectivity index (χ0n) is 21.3. The lowest BCUT2D eigenvalue weighted by atomic mass is 9.98. The number of piperidine rings is 1. The van der Waals surface area contributed by atoms with Crippen LogP contribution >= 0.6 is 0 Å². The molecule has 2 aromatic heterocycles. The fourth-order valence-corrected chi connectivity index (χ4v) is 5.36. The van der Waals surface area contributed by atoms with Gasteiger partial charge in [0, 0.05) is 57.9 Å². The third-order valence-electron chi connectivity index (χ3n) is 7.44. The molecule has 38 heavy (non-hydrogen) atoms. The fourth-order valence-electron chi connectivity index (χ4n) is 5.36. The van der Waals surface area contributed by atoms with Gasteiger partial charge in [-0.05, 0) is 37.5 Å². The summed E-state index contributed by atoms with van der Waals surface area (Å²) in [6.07, 6.45) is 2.49. The number of carbonyl (C=O) groups excluding carboxylic acids is 2. The summed E-state index contributed by atoms with van der Waals surface area (Å²) in [5.74, 6) is 0.571. The molecule has 2 amide bonds. The molecule has 6 rings (SSSR count). The molecular weight excluding hydrogens is 491 g/mol. The summed E-state index contributed by atoms with van der Waals surface area (Å²) in [7, 11) is 1.94. The fraction of sp³-hybridized carbons (Fsp3) is 0.462. The molecule has 0 unspecified atom stereocenters. The van der Waals surface area contributed by atoms with Gasteiger partial charge in [0.05, 0.1) is 17.3 Å². The summed E-state index contributed by atoms with van der Waals surface area (Å²) in [6, 6.07) is 7.53. The van der Waals surface area contributed by atoms with E-state index < -0.39 is 5.82 Å². The lowest BCUT2D eigenvalue weighted by Crippen LogP contribution is -2.56. The number of hydrogen-bond donors (Lipinski definition) is 2. The van der Waals surface area contributed by atoms with E-state index in [0.29, 0.717) is 25.3 Å². The number of carbonyl (C=O) groups is 2. The number of anilines is 2. The van der Waals surface area contributed by atoms with Crippen molar-refractivity contribution in [1.82, 2.24) is 24.8 Å². The van der Waals surface area contributed by atoms with Crippen molar-refractivity contribution in [2.45, 2.75) is 31.3 Å². The Hall–Kier alpha value is -3.93. The zero-order valence-corrected chi connectivity index (χ0v) is 21.3. The van der Waals surface area contributed by atoms with Crippen molar-refractivity contribution < 1.29 is 18.7 Å². The van der Waals surface area contributed by atoms with Crippen LogP contribution in [0, 0.1) is 5.82 Å². The van der Waals surface area contributed by atoms with Gasteiger partial charge < -0.3 is 30.5 Å². The second-order valence-corrected chi connectivity index (χ2v) is 10.2. The monoisotopic (exact) mass is 522 g/mol. The Morgan fingerprint density at radius 1 is 1.13 bits per heavy atom. The van der Waals surface area contributed by atoms with Crippen LogP contribution in [-0.4, -0.2) is 83.7 Å². The van der Waals surface area contributed by atoms with Crippen LogP contribution in [0.25, 0.3) is 5.65 Å². The van der Waals surface area contributed by atoms with Crippen LogP contribution < -0.4 is 25.6 Å². The topological polar surface area (TPSA) is 121 Å². The smallest absolute Gasteiger partial charge is 0.258 e. The Labute approximate surface area is 219 Å². The lowest BCUT2D eigenvalue weighted by molar-refractivity contribution is -0.123. The predicted octanol–water partition coefficient (Wildman–Crippen LogP) is 1.33. The number of nitrogens with one attached hydrogen (secondary N) is 1. The summed E-state index contributed by atoms with van der Waals surface area (Å²) in [5.41, 5.74) is 7.52. The first kappa shape index (κ1) is 24.4. The molecule has 0 radical (unpaired) electrons. The average molecular weight is 523 g/mol.